The summed E-state index contributed by atoms with van der Waals surface area (Å²) in [6.07, 6.45) is 1.52. The molecule has 0 radical (unpaired) electrons. The van der Waals surface area contributed by atoms with Crippen LogP contribution >= 0.6 is 0 Å². The Hall–Kier alpha value is -2.23. The predicted octanol–water partition coefficient (Wildman–Crippen LogP) is 2.10. The normalized spacial score (nSPS) is 10.8. The summed E-state index contributed by atoms with van der Waals surface area (Å²) >= 11 is 0. The van der Waals surface area contributed by atoms with Gasteiger partial charge in [0.25, 0.3) is 5.78 Å². The topological polar surface area (TPSA) is 43.1 Å². The van der Waals surface area contributed by atoms with Gasteiger partial charge in [-0.05, 0) is 13.0 Å². The summed E-state index contributed by atoms with van der Waals surface area (Å²) in [6, 6.07) is 12.1. The van der Waals surface area contributed by atoms with Gasteiger partial charge in [0.15, 0.2) is 0 Å². The fraction of sp³-hybridized carbons (Fsp3) is 0.0833. The van der Waals surface area contributed by atoms with Crippen LogP contribution in [-0.4, -0.2) is 19.6 Å². The SMILES string of the molecule is Cc1cc(-c2ccccc2)nc2ncnn12. The number of fused-ring (bicyclic) bond motifs is 1. The fourth-order valence-electron chi connectivity index (χ4n) is 1.72. The van der Waals surface area contributed by atoms with Gasteiger partial charge in [-0.25, -0.2) is 9.50 Å². The highest BCUT2D eigenvalue weighted by molar-refractivity contribution is 5.61. The lowest BCUT2D eigenvalue weighted by atomic mass is 10.1. The predicted molar refractivity (Wildman–Crippen MR) is 61.0 cm³/mol. The Morgan fingerprint density at radius 3 is 2.75 bits per heavy atom. The molecule has 0 saturated carbocycles. The molecular weight excluding hydrogens is 200 g/mol. The largest absolute Gasteiger partial charge is 0.252 e. The van der Waals surface area contributed by atoms with Crippen LogP contribution in [0.15, 0.2) is 42.7 Å². The van der Waals surface area contributed by atoms with Crippen molar-refractivity contribution in [3.63, 3.8) is 0 Å². The monoisotopic (exact) mass is 210 g/mol. The maximum atomic E-state index is 4.46. The average Bonchev–Trinajstić information content (AvgIpc) is 2.79. The molecule has 2 aromatic heterocycles. The standard InChI is InChI=1S/C12H10N4/c1-9-7-11(10-5-3-2-4-6-10)15-12-13-8-14-16(9)12/h2-8H,1H3. The molecule has 4 heteroatoms. The number of hydrogen-bond donors (Lipinski definition) is 0. The van der Waals surface area contributed by atoms with Gasteiger partial charge in [0, 0.05) is 11.3 Å². The summed E-state index contributed by atoms with van der Waals surface area (Å²) in [5.41, 5.74) is 3.05. The average molecular weight is 210 g/mol. The third kappa shape index (κ3) is 1.35. The lowest BCUT2D eigenvalue weighted by Crippen LogP contribution is -1.97. The molecule has 3 aromatic rings. The first-order chi connectivity index (χ1) is 7.84. The van der Waals surface area contributed by atoms with Gasteiger partial charge in [-0.3, -0.25) is 0 Å². The minimum atomic E-state index is 0.638. The number of aromatic nitrogens is 4. The zero-order valence-electron chi connectivity index (χ0n) is 8.83. The molecule has 0 N–H and O–H groups in total. The van der Waals surface area contributed by atoms with Gasteiger partial charge in [0.05, 0.1) is 5.69 Å². The lowest BCUT2D eigenvalue weighted by molar-refractivity contribution is 0.896. The molecule has 16 heavy (non-hydrogen) atoms. The Morgan fingerprint density at radius 2 is 1.94 bits per heavy atom. The molecule has 2 heterocycles. The second kappa shape index (κ2) is 3.41. The summed E-state index contributed by atoms with van der Waals surface area (Å²) in [6.45, 7) is 2.00. The molecule has 4 nitrogen and oxygen atoms in total. The van der Waals surface area contributed by atoms with E-state index in [1.54, 1.807) is 4.52 Å². The second-order valence-electron chi connectivity index (χ2n) is 3.62. The second-order valence-corrected chi connectivity index (χ2v) is 3.62. The van der Waals surface area contributed by atoms with E-state index < -0.39 is 0 Å². The maximum Gasteiger partial charge on any atom is 0.252 e. The molecule has 78 valence electrons. The maximum absolute atomic E-state index is 4.46. The van der Waals surface area contributed by atoms with Crippen molar-refractivity contribution in [1.29, 1.82) is 0 Å². The number of nitrogens with zero attached hydrogens (tertiary/aromatic N) is 4. The van der Waals surface area contributed by atoms with E-state index in [0.717, 1.165) is 17.0 Å². The van der Waals surface area contributed by atoms with E-state index in [1.165, 1.54) is 6.33 Å². The summed E-state index contributed by atoms with van der Waals surface area (Å²) in [5.74, 6) is 0.638. The van der Waals surface area contributed by atoms with Crippen molar-refractivity contribution >= 4 is 5.78 Å². The Labute approximate surface area is 92.6 Å². The summed E-state index contributed by atoms with van der Waals surface area (Å²) in [7, 11) is 0. The van der Waals surface area contributed by atoms with Crippen molar-refractivity contribution in [2.75, 3.05) is 0 Å². The third-order valence-electron chi connectivity index (χ3n) is 2.50. The van der Waals surface area contributed by atoms with E-state index in [4.69, 9.17) is 0 Å². The molecule has 0 spiro atoms. The van der Waals surface area contributed by atoms with Crippen LogP contribution < -0.4 is 0 Å². The van der Waals surface area contributed by atoms with Crippen molar-refractivity contribution in [3.05, 3.63) is 48.4 Å². The summed E-state index contributed by atoms with van der Waals surface area (Å²) in [5, 5.41) is 4.10. The molecule has 0 aliphatic rings. The minimum Gasteiger partial charge on any atom is -0.211 e. The van der Waals surface area contributed by atoms with Crippen molar-refractivity contribution < 1.29 is 0 Å². The van der Waals surface area contributed by atoms with Gasteiger partial charge in [0.1, 0.15) is 6.33 Å². The Morgan fingerprint density at radius 1 is 1.12 bits per heavy atom. The molecule has 0 atom stereocenters. The van der Waals surface area contributed by atoms with Gasteiger partial charge in [-0.15, -0.1) is 0 Å². The van der Waals surface area contributed by atoms with Gasteiger partial charge in [-0.1, -0.05) is 30.3 Å². The van der Waals surface area contributed by atoms with Crippen LogP contribution in [0.2, 0.25) is 0 Å². The molecule has 1 aromatic carbocycles. The van der Waals surface area contributed by atoms with Gasteiger partial charge >= 0.3 is 0 Å². The highest BCUT2D eigenvalue weighted by Crippen LogP contribution is 2.17. The van der Waals surface area contributed by atoms with E-state index in [2.05, 4.69) is 15.1 Å². The number of rotatable bonds is 1. The first-order valence-corrected chi connectivity index (χ1v) is 5.07. The lowest BCUT2D eigenvalue weighted by Gasteiger charge is -2.03. The minimum absolute atomic E-state index is 0.638. The summed E-state index contributed by atoms with van der Waals surface area (Å²) in [4.78, 5) is 8.56. The van der Waals surface area contributed by atoms with E-state index >= 15 is 0 Å². The van der Waals surface area contributed by atoms with Crippen LogP contribution in [-0.2, 0) is 0 Å². The van der Waals surface area contributed by atoms with Gasteiger partial charge < -0.3 is 0 Å². The zero-order valence-corrected chi connectivity index (χ0v) is 8.83. The van der Waals surface area contributed by atoms with Gasteiger partial charge in [0.2, 0.25) is 0 Å². The van der Waals surface area contributed by atoms with Crippen LogP contribution in [0.3, 0.4) is 0 Å². The zero-order chi connectivity index (χ0) is 11.0. The molecule has 0 saturated heterocycles. The number of benzene rings is 1. The van der Waals surface area contributed by atoms with Crippen LogP contribution in [0.25, 0.3) is 17.0 Å². The van der Waals surface area contributed by atoms with Crippen molar-refractivity contribution in [1.82, 2.24) is 19.6 Å². The van der Waals surface area contributed by atoms with Crippen molar-refractivity contribution in [2.45, 2.75) is 6.92 Å². The van der Waals surface area contributed by atoms with E-state index in [1.807, 2.05) is 43.3 Å². The smallest absolute Gasteiger partial charge is 0.211 e. The molecule has 3 rings (SSSR count). The van der Waals surface area contributed by atoms with E-state index in [9.17, 15) is 0 Å². The first-order valence-electron chi connectivity index (χ1n) is 5.07. The summed E-state index contributed by atoms with van der Waals surface area (Å²) < 4.78 is 1.73. The Balaban J connectivity index is 2.25. The Bertz CT molecular complexity index is 628. The number of hydrogen-bond acceptors (Lipinski definition) is 3. The van der Waals surface area contributed by atoms with E-state index in [-0.39, 0.29) is 0 Å². The van der Waals surface area contributed by atoms with Crippen LogP contribution in [0.4, 0.5) is 0 Å². The highest BCUT2D eigenvalue weighted by Gasteiger charge is 2.05. The van der Waals surface area contributed by atoms with Crippen molar-refractivity contribution in [3.8, 4) is 11.3 Å². The first kappa shape index (κ1) is 9.03. The highest BCUT2D eigenvalue weighted by atomic mass is 15.3. The molecular formula is C12H10N4. The third-order valence-corrected chi connectivity index (χ3v) is 2.50. The molecule has 0 unspecified atom stereocenters. The quantitative estimate of drug-likeness (QED) is 0.617. The van der Waals surface area contributed by atoms with Crippen LogP contribution in [0, 0.1) is 6.92 Å². The van der Waals surface area contributed by atoms with Crippen LogP contribution in [0.5, 0.6) is 0 Å². The Kier molecular flexibility index (Phi) is 1.93. The van der Waals surface area contributed by atoms with Crippen molar-refractivity contribution in [2.24, 2.45) is 0 Å². The number of aryl methyl sites for hydroxylation is 1. The molecule has 0 bridgehead atoms. The molecule has 0 fully saturated rings. The van der Waals surface area contributed by atoms with E-state index in [0.29, 0.717) is 5.78 Å². The molecule has 0 aliphatic heterocycles. The fourth-order valence-corrected chi connectivity index (χ4v) is 1.72. The van der Waals surface area contributed by atoms with Gasteiger partial charge in [-0.2, -0.15) is 10.1 Å². The molecule has 0 aliphatic carbocycles. The molecule has 0 amide bonds. The van der Waals surface area contributed by atoms with Crippen LogP contribution in [0.1, 0.15) is 5.69 Å².